The molecule has 1 aromatic rings. The Labute approximate surface area is 93.2 Å². The molecule has 1 unspecified atom stereocenters. The van der Waals surface area contributed by atoms with E-state index in [1.54, 1.807) is 4.31 Å². The van der Waals surface area contributed by atoms with Crippen LogP contribution in [0.15, 0.2) is 12.5 Å². The molecule has 15 heavy (non-hydrogen) atoms. The van der Waals surface area contributed by atoms with Crippen LogP contribution < -0.4 is 0 Å². The van der Waals surface area contributed by atoms with Crippen molar-refractivity contribution in [1.82, 2.24) is 14.0 Å². The van der Waals surface area contributed by atoms with Gasteiger partial charge in [-0.3, -0.25) is 0 Å². The van der Waals surface area contributed by atoms with Gasteiger partial charge in [-0.2, -0.15) is 4.73 Å². The van der Waals surface area contributed by atoms with Crippen LogP contribution in [0, 0.1) is 0 Å². The van der Waals surface area contributed by atoms with Crippen LogP contribution in [-0.4, -0.2) is 24.3 Å². The van der Waals surface area contributed by atoms with Gasteiger partial charge in [-0.15, -0.1) is 0 Å². The van der Waals surface area contributed by atoms with E-state index in [4.69, 9.17) is 0 Å². The Balaban J connectivity index is 2.47. The minimum atomic E-state index is -0.0586. The number of aliphatic hydroxyl groups excluding tert-OH is 1. The lowest BCUT2D eigenvalue weighted by molar-refractivity contribution is 0.162. The maximum absolute atomic E-state index is 9.61. The average molecular weight is 227 g/mol. The highest BCUT2D eigenvalue weighted by Gasteiger charge is 2.30. The fourth-order valence-corrected chi connectivity index (χ4v) is 2.14. The molecule has 0 amide bonds. The van der Waals surface area contributed by atoms with Crippen molar-refractivity contribution >= 4 is 18.6 Å². The molecule has 0 aromatic carbocycles. The fourth-order valence-electron chi connectivity index (χ4n) is 1.80. The highest BCUT2D eigenvalue weighted by molar-refractivity contribution is 7.77. The molecule has 82 valence electrons. The Morgan fingerprint density at radius 2 is 2.33 bits per heavy atom. The number of hydrogen-bond donors (Lipinski definition) is 3. The van der Waals surface area contributed by atoms with Gasteiger partial charge in [0.1, 0.15) is 17.7 Å². The predicted octanol–water partition coefficient (Wildman–Crippen LogP) is 1.98. The number of hydrogen-bond acceptors (Lipinski definition) is 5. The molecule has 5 nitrogen and oxygen atoms in total. The molecule has 2 rings (SSSR count). The third kappa shape index (κ3) is 1.54. The summed E-state index contributed by atoms with van der Waals surface area (Å²) in [5, 5.41) is 19.2. The second kappa shape index (κ2) is 3.69. The van der Waals surface area contributed by atoms with Crippen molar-refractivity contribution in [3.8, 4) is 0 Å². The smallest absolute Gasteiger partial charge is 0.160 e. The molecule has 0 spiro atoms. The number of fused-ring (bicyclic) bond motifs is 1. The van der Waals surface area contributed by atoms with Crippen LogP contribution in [0.25, 0.3) is 5.76 Å². The van der Waals surface area contributed by atoms with E-state index in [2.05, 4.69) is 24.7 Å². The molecule has 1 aromatic heterocycles. The molecule has 1 atom stereocenters. The van der Waals surface area contributed by atoms with Crippen molar-refractivity contribution in [2.24, 2.45) is 0 Å². The molecular formula is C9H13N3O2S. The van der Waals surface area contributed by atoms with Crippen molar-refractivity contribution in [3.63, 3.8) is 0 Å². The van der Waals surface area contributed by atoms with Gasteiger partial charge in [-0.1, -0.05) is 26.2 Å². The van der Waals surface area contributed by atoms with Crippen molar-refractivity contribution in [1.29, 1.82) is 0 Å². The lowest BCUT2D eigenvalue weighted by Gasteiger charge is -2.29. The molecule has 2 N–H and O–H groups in total. The Morgan fingerprint density at radius 1 is 1.60 bits per heavy atom. The van der Waals surface area contributed by atoms with Gasteiger partial charge < -0.3 is 14.6 Å². The van der Waals surface area contributed by atoms with Gasteiger partial charge in [0.2, 0.25) is 0 Å². The number of rotatable bonds is 2. The highest BCUT2D eigenvalue weighted by Crippen LogP contribution is 2.36. The standard InChI is InChI=1S/C9H13N3O2S/c1-2-3-6-9-8(10-5-11(9)14)7(13)4-12(6)15/h4-6,13-15H,2-3H2,1H3. The Bertz CT molecular complexity index is 402. The van der Waals surface area contributed by atoms with Gasteiger partial charge in [0.15, 0.2) is 5.76 Å². The minimum Gasteiger partial charge on any atom is -0.504 e. The number of imidazole rings is 1. The van der Waals surface area contributed by atoms with Crippen LogP contribution in [-0.2, 0) is 0 Å². The molecule has 0 aliphatic carbocycles. The predicted molar refractivity (Wildman–Crippen MR) is 58.5 cm³/mol. The summed E-state index contributed by atoms with van der Waals surface area (Å²) in [7, 11) is 0. The Hall–Kier alpha value is -1.30. The average Bonchev–Trinajstić information content (AvgIpc) is 2.56. The second-order valence-corrected chi connectivity index (χ2v) is 3.98. The summed E-state index contributed by atoms with van der Waals surface area (Å²) >= 11 is 4.24. The van der Waals surface area contributed by atoms with Crippen LogP contribution in [0.3, 0.4) is 0 Å². The first-order valence-electron chi connectivity index (χ1n) is 4.80. The van der Waals surface area contributed by atoms with E-state index in [-0.39, 0.29) is 11.8 Å². The van der Waals surface area contributed by atoms with E-state index in [0.29, 0.717) is 11.4 Å². The van der Waals surface area contributed by atoms with Crippen molar-refractivity contribution in [2.45, 2.75) is 25.8 Å². The monoisotopic (exact) mass is 227 g/mol. The maximum Gasteiger partial charge on any atom is 0.160 e. The molecule has 0 bridgehead atoms. The number of aliphatic hydroxyl groups is 1. The van der Waals surface area contributed by atoms with E-state index in [0.717, 1.165) is 17.6 Å². The fraction of sp³-hybridized carbons (Fsp3) is 0.444. The quantitative estimate of drug-likeness (QED) is 0.534. The number of thiol groups is 1. The van der Waals surface area contributed by atoms with Crippen molar-refractivity contribution in [2.75, 3.05) is 0 Å². The zero-order valence-electron chi connectivity index (χ0n) is 8.33. The minimum absolute atomic E-state index is 0.0279. The maximum atomic E-state index is 9.61. The number of aromatic nitrogens is 2. The van der Waals surface area contributed by atoms with E-state index in [1.165, 1.54) is 12.5 Å². The summed E-state index contributed by atoms with van der Waals surface area (Å²) in [4.78, 5) is 3.94. The summed E-state index contributed by atoms with van der Waals surface area (Å²) < 4.78 is 2.54. The summed E-state index contributed by atoms with van der Waals surface area (Å²) in [6.07, 6.45) is 4.59. The summed E-state index contributed by atoms with van der Waals surface area (Å²) in [6, 6.07) is -0.0586. The number of nitrogens with zero attached hydrogens (tertiary/aromatic N) is 3. The van der Waals surface area contributed by atoms with E-state index in [9.17, 15) is 10.3 Å². The molecular weight excluding hydrogens is 214 g/mol. The highest BCUT2D eigenvalue weighted by atomic mass is 32.1. The van der Waals surface area contributed by atoms with Gasteiger partial charge in [-0.25, -0.2) is 4.98 Å². The zero-order chi connectivity index (χ0) is 11.0. The summed E-state index contributed by atoms with van der Waals surface area (Å²) in [5.74, 6) is 0.0279. The second-order valence-electron chi connectivity index (χ2n) is 3.52. The van der Waals surface area contributed by atoms with Crippen molar-refractivity contribution < 1.29 is 10.3 Å². The molecule has 1 aliphatic heterocycles. The van der Waals surface area contributed by atoms with Crippen LogP contribution in [0.1, 0.15) is 37.2 Å². The molecule has 0 saturated heterocycles. The Kier molecular flexibility index (Phi) is 2.52. The topological polar surface area (TPSA) is 61.5 Å². The molecule has 0 fully saturated rings. The third-order valence-corrected chi connectivity index (χ3v) is 2.87. The lowest BCUT2D eigenvalue weighted by Crippen LogP contribution is -2.22. The molecule has 6 heteroatoms. The first-order chi connectivity index (χ1) is 7.15. The van der Waals surface area contributed by atoms with Crippen LogP contribution in [0.5, 0.6) is 0 Å². The van der Waals surface area contributed by atoms with Gasteiger partial charge >= 0.3 is 0 Å². The Morgan fingerprint density at radius 3 is 3.00 bits per heavy atom. The van der Waals surface area contributed by atoms with Crippen LogP contribution >= 0.6 is 12.8 Å². The molecule has 2 heterocycles. The van der Waals surface area contributed by atoms with Crippen molar-refractivity contribution in [3.05, 3.63) is 23.9 Å². The van der Waals surface area contributed by atoms with E-state index in [1.807, 2.05) is 0 Å². The van der Waals surface area contributed by atoms with Gasteiger partial charge in [0, 0.05) is 0 Å². The van der Waals surface area contributed by atoms with E-state index < -0.39 is 0 Å². The van der Waals surface area contributed by atoms with Crippen LogP contribution in [0.4, 0.5) is 0 Å². The lowest BCUT2D eigenvalue weighted by atomic mass is 10.0. The third-order valence-electron chi connectivity index (χ3n) is 2.48. The SMILES string of the molecule is CCCC1c2c(ncn2O)C(O)=CN1S. The zero-order valence-corrected chi connectivity index (χ0v) is 9.22. The molecule has 0 saturated carbocycles. The largest absolute Gasteiger partial charge is 0.504 e. The summed E-state index contributed by atoms with van der Waals surface area (Å²) in [6.45, 7) is 2.05. The molecule has 0 radical (unpaired) electrons. The van der Waals surface area contributed by atoms with Gasteiger partial charge in [-0.05, 0) is 6.42 Å². The van der Waals surface area contributed by atoms with E-state index >= 15 is 0 Å². The first-order valence-corrected chi connectivity index (χ1v) is 5.20. The van der Waals surface area contributed by atoms with Gasteiger partial charge in [0.05, 0.1) is 12.2 Å². The molecule has 1 aliphatic rings. The normalized spacial score (nSPS) is 20.0. The van der Waals surface area contributed by atoms with Crippen LogP contribution in [0.2, 0.25) is 0 Å². The van der Waals surface area contributed by atoms with Gasteiger partial charge in [0.25, 0.3) is 0 Å². The first kappa shape index (κ1) is 10.2. The summed E-state index contributed by atoms with van der Waals surface area (Å²) in [5.41, 5.74) is 1.02.